The first-order valence-electron chi connectivity index (χ1n) is 5.12. The molecule has 0 radical (unpaired) electrons. The predicted octanol–water partition coefficient (Wildman–Crippen LogP) is 3.48. The topological polar surface area (TPSA) is 51.2 Å². The Morgan fingerprint density at radius 3 is 2.83 bits per heavy atom. The molecule has 4 nitrogen and oxygen atoms in total. The third-order valence-electron chi connectivity index (χ3n) is 2.54. The number of nitrogens with one attached hydrogen (secondary N) is 1. The van der Waals surface area contributed by atoms with Crippen LogP contribution in [0.3, 0.4) is 0 Å². The molecular formula is C12H10BrClN2O2. The molecule has 0 unspecified atom stereocenters. The van der Waals surface area contributed by atoms with Crippen molar-refractivity contribution in [2.45, 2.75) is 0 Å². The fraction of sp³-hybridized carbons (Fsp3) is 0.167. The van der Waals surface area contributed by atoms with Crippen LogP contribution in [0.5, 0.6) is 0 Å². The fourth-order valence-corrected chi connectivity index (χ4v) is 2.62. The lowest BCUT2D eigenvalue weighted by atomic mass is 10.1. The normalized spacial score (nSPS) is 10.4. The van der Waals surface area contributed by atoms with Gasteiger partial charge in [-0.3, -0.25) is 4.98 Å². The maximum Gasteiger partial charge on any atom is 0.341 e. The Morgan fingerprint density at radius 1 is 1.50 bits per heavy atom. The Morgan fingerprint density at radius 2 is 2.22 bits per heavy atom. The van der Waals surface area contributed by atoms with Crippen LogP contribution in [-0.4, -0.2) is 25.1 Å². The Kier molecular flexibility index (Phi) is 3.73. The van der Waals surface area contributed by atoms with Gasteiger partial charge in [-0.2, -0.15) is 0 Å². The summed E-state index contributed by atoms with van der Waals surface area (Å²) in [6, 6.07) is 3.61. The Balaban J connectivity index is 2.82. The van der Waals surface area contributed by atoms with Crippen LogP contribution in [0.2, 0.25) is 5.02 Å². The van der Waals surface area contributed by atoms with Crippen LogP contribution in [0.25, 0.3) is 10.9 Å². The molecule has 1 heterocycles. The SMILES string of the molecule is CNc1c(C(=O)OC)cnc2c(Cl)cc(Br)cc12. The van der Waals surface area contributed by atoms with Crippen molar-refractivity contribution in [1.29, 1.82) is 0 Å². The number of halogens is 2. The number of carbonyl (C=O) groups excluding carboxylic acids is 1. The number of hydrogen-bond acceptors (Lipinski definition) is 4. The Bertz CT molecular complexity index is 631. The van der Waals surface area contributed by atoms with E-state index in [9.17, 15) is 4.79 Å². The highest BCUT2D eigenvalue weighted by molar-refractivity contribution is 9.10. The van der Waals surface area contributed by atoms with E-state index in [0.29, 0.717) is 21.8 Å². The van der Waals surface area contributed by atoms with Gasteiger partial charge < -0.3 is 10.1 Å². The van der Waals surface area contributed by atoms with E-state index in [1.165, 1.54) is 13.3 Å². The van der Waals surface area contributed by atoms with Crippen molar-refractivity contribution in [2.75, 3.05) is 19.5 Å². The second-order valence-corrected chi connectivity index (χ2v) is 4.90. The van der Waals surface area contributed by atoms with Gasteiger partial charge in [-0.25, -0.2) is 4.79 Å². The summed E-state index contributed by atoms with van der Waals surface area (Å²) in [6.45, 7) is 0. The molecule has 0 aliphatic rings. The summed E-state index contributed by atoms with van der Waals surface area (Å²) in [7, 11) is 3.07. The van der Waals surface area contributed by atoms with Gasteiger partial charge in [0.15, 0.2) is 0 Å². The number of hydrogen-bond donors (Lipinski definition) is 1. The zero-order valence-electron chi connectivity index (χ0n) is 9.75. The quantitative estimate of drug-likeness (QED) is 0.857. The largest absolute Gasteiger partial charge is 0.465 e. The van der Waals surface area contributed by atoms with Crippen molar-refractivity contribution in [3.63, 3.8) is 0 Å². The van der Waals surface area contributed by atoms with E-state index in [2.05, 4.69) is 26.2 Å². The average Bonchev–Trinajstić information content (AvgIpc) is 2.36. The molecule has 0 aliphatic carbocycles. The van der Waals surface area contributed by atoms with Crippen molar-refractivity contribution in [3.05, 3.63) is 33.4 Å². The predicted molar refractivity (Wildman–Crippen MR) is 75.3 cm³/mol. The van der Waals surface area contributed by atoms with Gasteiger partial charge in [-0.1, -0.05) is 27.5 Å². The molecule has 0 spiro atoms. The van der Waals surface area contributed by atoms with Crippen LogP contribution in [0, 0.1) is 0 Å². The number of methoxy groups -OCH3 is 1. The highest BCUT2D eigenvalue weighted by atomic mass is 79.9. The lowest BCUT2D eigenvalue weighted by Gasteiger charge is -2.11. The van der Waals surface area contributed by atoms with E-state index in [1.54, 1.807) is 13.1 Å². The standard InChI is InChI=1S/C12H10BrClN2O2/c1-15-10-7-3-6(13)4-9(14)11(7)16-5-8(10)12(17)18-2/h3-5H,1-2H3,(H,15,16). The lowest BCUT2D eigenvalue weighted by molar-refractivity contribution is 0.0601. The molecule has 0 amide bonds. The first-order chi connectivity index (χ1) is 8.58. The molecule has 0 aliphatic heterocycles. The first-order valence-corrected chi connectivity index (χ1v) is 6.29. The van der Waals surface area contributed by atoms with Gasteiger partial charge in [0.05, 0.1) is 23.3 Å². The van der Waals surface area contributed by atoms with Gasteiger partial charge in [0.25, 0.3) is 0 Å². The fourth-order valence-electron chi connectivity index (χ4n) is 1.76. The monoisotopic (exact) mass is 328 g/mol. The van der Waals surface area contributed by atoms with Gasteiger partial charge in [-0.15, -0.1) is 0 Å². The maximum absolute atomic E-state index is 11.7. The molecule has 2 aromatic rings. The number of rotatable bonds is 2. The van der Waals surface area contributed by atoms with E-state index >= 15 is 0 Å². The number of anilines is 1. The summed E-state index contributed by atoms with van der Waals surface area (Å²) in [5, 5.41) is 4.27. The minimum absolute atomic E-state index is 0.377. The van der Waals surface area contributed by atoms with Crippen LogP contribution in [0.1, 0.15) is 10.4 Å². The number of pyridine rings is 1. The van der Waals surface area contributed by atoms with Crippen LogP contribution in [-0.2, 0) is 4.74 Å². The molecule has 94 valence electrons. The second-order valence-electron chi connectivity index (χ2n) is 3.57. The number of aromatic nitrogens is 1. The summed E-state index contributed by atoms with van der Waals surface area (Å²) in [5.74, 6) is -0.440. The first kappa shape index (κ1) is 13.1. The molecular weight excluding hydrogens is 320 g/mol. The van der Waals surface area contributed by atoms with E-state index in [4.69, 9.17) is 16.3 Å². The third-order valence-corrected chi connectivity index (χ3v) is 3.29. The zero-order valence-corrected chi connectivity index (χ0v) is 12.1. The van der Waals surface area contributed by atoms with E-state index in [-0.39, 0.29) is 0 Å². The highest BCUT2D eigenvalue weighted by Crippen LogP contribution is 2.33. The Labute approximate surface area is 117 Å². The third kappa shape index (κ3) is 2.15. The Hall–Kier alpha value is -1.33. The van der Waals surface area contributed by atoms with Crippen molar-refractivity contribution < 1.29 is 9.53 Å². The summed E-state index contributed by atoms with van der Waals surface area (Å²) < 4.78 is 5.54. The molecule has 2 rings (SSSR count). The minimum Gasteiger partial charge on any atom is -0.465 e. The molecule has 0 fully saturated rings. The van der Waals surface area contributed by atoms with Crippen molar-refractivity contribution in [2.24, 2.45) is 0 Å². The molecule has 0 atom stereocenters. The number of esters is 1. The number of carbonyl (C=O) groups is 1. The van der Waals surface area contributed by atoms with Crippen LogP contribution < -0.4 is 5.32 Å². The van der Waals surface area contributed by atoms with E-state index < -0.39 is 5.97 Å². The van der Waals surface area contributed by atoms with Crippen LogP contribution in [0.15, 0.2) is 22.8 Å². The molecule has 18 heavy (non-hydrogen) atoms. The lowest BCUT2D eigenvalue weighted by Crippen LogP contribution is -2.07. The summed E-state index contributed by atoms with van der Waals surface area (Å²) in [4.78, 5) is 15.9. The summed E-state index contributed by atoms with van der Waals surface area (Å²) >= 11 is 9.49. The molecule has 1 aromatic heterocycles. The molecule has 1 aromatic carbocycles. The molecule has 1 N–H and O–H groups in total. The van der Waals surface area contributed by atoms with Gasteiger partial charge >= 0.3 is 5.97 Å². The smallest absolute Gasteiger partial charge is 0.341 e. The number of nitrogens with zero attached hydrogens (tertiary/aromatic N) is 1. The van der Waals surface area contributed by atoms with E-state index in [0.717, 1.165) is 9.86 Å². The minimum atomic E-state index is -0.440. The molecule has 0 saturated carbocycles. The number of fused-ring (bicyclic) bond motifs is 1. The van der Waals surface area contributed by atoms with Gasteiger partial charge in [-0.05, 0) is 12.1 Å². The van der Waals surface area contributed by atoms with Crippen molar-refractivity contribution in [3.8, 4) is 0 Å². The highest BCUT2D eigenvalue weighted by Gasteiger charge is 2.16. The molecule has 6 heteroatoms. The van der Waals surface area contributed by atoms with Crippen molar-refractivity contribution in [1.82, 2.24) is 4.98 Å². The summed E-state index contributed by atoms with van der Waals surface area (Å²) in [5.41, 5.74) is 1.66. The van der Waals surface area contributed by atoms with Crippen molar-refractivity contribution >= 4 is 50.1 Å². The van der Waals surface area contributed by atoms with Crippen LogP contribution >= 0.6 is 27.5 Å². The number of ether oxygens (including phenoxy) is 1. The van der Waals surface area contributed by atoms with Crippen LogP contribution in [0.4, 0.5) is 5.69 Å². The van der Waals surface area contributed by atoms with Gasteiger partial charge in [0, 0.05) is 23.1 Å². The van der Waals surface area contributed by atoms with E-state index in [1.807, 2.05) is 6.07 Å². The van der Waals surface area contributed by atoms with Gasteiger partial charge in [0.2, 0.25) is 0 Å². The average molecular weight is 330 g/mol. The number of benzene rings is 1. The maximum atomic E-state index is 11.7. The molecule has 0 saturated heterocycles. The molecule has 0 bridgehead atoms. The summed E-state index contributed by atoms with van der Waals surface area (Å²) in [6.07, 6.45) is 1.46. The second kappa shape index (κ2) is 5.12. The zero-order chi connectivity index (χ0) is 13.3. The van der Waals surface area contributed by atoms with Gasteiger partial charge in [0.1, 0.15) is 5.56 Å².